The molecule has 1 aromatic heterocycles. The van der Waals surface area contributed by atoms with Gasteiger partial charge in [-0.3, -0.25) is 0 Å². The van der Waals surface area contributed by atoms with Gasteiger partial charge in [0.25, 0.3) is 0 Å². The monoisotopic (exact) mass is 346 g/mol. The Balaban J connectivity index is 1.73. The quantitative estimate of drug-likeness (QED) is 0.844. The van der Waals surface area contributed by atoms with Gasteiger partial charge in [0, 0.05) is 26.2 Å². The van der Waals surface area contributed by atoms with E-state index in [4.69, 9.17) is 5.26 Å². The molecule has 0 spiro atoms. The molecular weight excluding hydrogens is 331 g/mol. The molecule has 0 N–H and O–H groups in total. The lowest BCUT2D eigenvalue weighted by molar-refractivity contribution is 0.382. The van der Waals surface area contributed by atoms with Gasteiger partial charge in [-0.1, -0.05) is 12.1 Å². The van der Waals surface area contributed by atoms with Crippen molar-refractivity contribution in [1.82, 2.24) is 9.29 Å². The maximum atomic E-state index is 13.8. The zero-order valence-electron chi connectivity index (χ0n) is 12.8. The second-order valence-corrected chi connectivity index (χ2v) is 7.24. The molecule has 0 atom stereocenters. The van der Waals surface area contributed by atoms with Crippen molar-refractivity contribution in [3.63, 3.8) is 0 Å². The molecule has 8 heteroatoms. The molecule has 0 amide bonds. The third-order valence-corrected chi connectivity index (χ3v) is 5.85. The number of nitriles is 1. The first-order valence-corrected chi connectivity index (χ1v) is 8.82. The van der Waals surface area contributed by atoms with E-state index in [0.29, 0.717) is 18.8 Å². The number of pyridine rings is 1. The summed E-state index contributed by atoms with van der Waals surface area (Å²) in [4.78, 5) is 5.71. The molecular formula is C16H15FN4O2S. The van der Waals surface area contributed by atoms with E-state index in [0.717, 1.165) is 11.8 Å². The Morgan fingerprint density at radius 2 is 1.79 bits per heavy atom. The average molecular weight is 346 g/mol. The first kappa shape index (κ1) is 16.4. The van der Waals surface area contributed by atoms with E-state index in [-0.39, 0.29) is 18.0 Å². The Hall–Kier alpha value is -2.50. The summed E-state index contributed by atoms with van der Waals surface area (Å²) in [6, 6.07) is 10.8. The first-order chi connectivity index (χ1) is 11.5. The third-order valence-electron chi connectivity index (χ3n) is 3.92. The van der Waals surface area contributed by atoms with Crippen molar-refractivity contribution in [3.8, 4) is 6.07 Å². The molecule has 0 saturated carbocycles. The van der Waals surface area contributed by atoms with Gasteiger partial charge in [-0.25, -0.2) is 17.8 Å². The minimum atomic E-state index is -3.84. The normalized spacial score (nSPS) is 15.9. The molecule has 24 heavy (non-hydrogen) atoms. The van der Waals surface area contributed by atoms with Crippen LogP contribution in [0.4, 0.5) is 10.1 Å². The molecule has 2 heterocycles. The van der Waals surface area contributed by atoms with Crippen LogP contribution < -0.4 is 4.90 Å². The fourth-order valence-corrected chi connectivity index (χ4v) is 4.11. The number of rotatable bonds is 3. The maximum Gasteiger partial charge on any atom is 0.246 e. The summed E-state index contributed by atoms with van der Waals surface area (Å²) in [6.07, 6.45) is 1.60. The summed E-state index contributed by atoms with van der Waals surface area (Å²) in [5.41, 5.74) is 1.16. The van der Waals surface area contributed by atoms with Crippen molar-refractivity contribution >= 4 is 15.7 Å². The highest BCUT2D eigenvalue weighted by molar-refractivity contribution is 7.89. The Kier molecular flexibility index (Phi) is 4.46. The lowest BCUT2D eigenvalue weighted by atomic mass is 10.3. The topological polar surface area (TPSA) is 77.3 Å². The lowest BCUT2D eigenvalue weighted by Crippen LogP contribution is -2.48. The predicted octanol–water partition coefficient (Wildman–Crippen LogP) is 1.60. The molecule has 0 bridgehead atoms. The van der Waals surface area contributed by atoms with E-state index < -0.39 is 15.8 Å². The zero-order valence-corrected chi connectivity index (χ0v) is 13.6. The Morgan fingerprint density at radius 3 is 2.38 bits per heavy atom. The van der Waals surface area contributed by atoms with Crippen LogP contribution in [-0.4, -0.2) is 43.9 Å². The van der Waals surface area contributed by atoms with Crippen LogP contribution in [0.3, 0.4) is 0 Å². The van der Waals surface area contributed by atoms with Gasteiger partial charge in [0.05, 0.1) is 11.9 Å². The molecule has 2 aromatic rings. The van der Waals surface area contributed by atoms with Crippen molar-refractivity contribution in [3.05, 3.63) is 54.1 Å². The summed E-state index contributed by atoms with van der Waals surface area (Å²) in [7, 11) is -3.84. The number of aromatic nitrogens is 1. The van der Waals surface area contributed by atoms with E-state index in [2.05, 4.69) is 4.98 Å². The molecule has 124 valence electrons. The van der Waals surface area contributed by atoms with Crippen molar-refractivity contribution in [1.29, 1.82) is 5.26 Å². The van der Waals surface area contributed by atoms with Crippen LogP contribution in [0.15, 0.2) is 47.5 Å². The van der Waals surface area contributed by atoms with Gasteiger partial charge in [0.1, 0.15) is 22.5 Å². The van der Waals surface area contributed by atoms with Gasteiger partial charge >= 0.3 is 0 Å². The second kappa shape index (κ2) is 6.55. The van der Waals surface area contributed by atoms with E-state index in [1.54, 1.807) is 18.3 Å². The number of sulfonamides is 1. The van der Waals surface area contributed by atoms with Crippen molar-refractivity contribution in [2.24, 2.45) is 0 Å². The number of benzene rings is 1. The number of piperazine rings is 1. The van der Waals surface area contributed by atoms with Gasteiger partial charge in [-0.15, -0.1) is 0 Å². The molecule has 1 aliphatic heterocycles. The maximum absolute atomic E-state index is 13.8. The highest BCUT2D eigenvalue weighted by atomic mass is 32.2. The number of anilines is 1. The smallest absolute Gasteiger partial charge is 0.246 e. The lowest BCUT2D eigenvalue weighted by Gasteiger charge is -2.35. The van der Waals surface area contributed by atoms with Gasteiger partial charge in [-0.2, -0.15) is 9.57 Å². The minimum absolute atomic E-state index is 0.261. The van der Waals surface area contributed by atoms with Crippen LogP contribution >= 0.6 is 0 Å². The molecule has 1 aliphatic rings. The highest BCUT2D eigenvalue weighted by Gasteiger charge is 2.30. The predicted molar refractivity (Wildman–Crippen MR) is 86.3 cm³/mol. The van der Waals surface area contributed by atoms with Gasteiger partial charge in [0.2, 0.25) is 10.0 Å². The number of hydrogen-bond acceptors (Lipinski definition) is 5. The van der Waals surface area contributed by atoms with Crippen molar-refractivity contribution in [2.75, 3.05) is 31.1 Å². The zero-order chi connectivity index (χ0) is 17.2. The van der Waals surface area contributed by atoms with Crippen molar-refractivity contribution < 1.29 is 12.8 Å². The summed E-state index contributed by atoms with van der Waals surface area (Å²) < 4.78 is 40.2. The van der Waals surface area contributed by atoms with E-state index in [9.17, 15) is 12.8 Å². The van der Waals surface area contributed by atoms with E-state index >= 15 is 0 Å². The molecule has 6 nitrogen and oxygen atoms in total. The first-order valence-electron chi connectivity index (χ1n) is 7.38. The van der Waals surface area contributed by atoms with Gasteiger partial charge in [-0.05, 0) is 24.3 Å². The summed E-state index contributed by atoms with van der Waals surface area (Å²) in [6.45, 7) is 1.47. The van der Waals surface area contributed by atoms with Crippen LogP contribution in [0.1, 0.15) is 5.69 Å². The molecule has 0 unspecified atom stereocenters. The van der Waals surface area contributed by atoms with Crippen LogP contribution in [0.25, 0.3) is 0 Å². The fraction of sp³-hybridized carbons (Fsp3) is 0.250. The minimum Gasteiger partial charge on any atom is -0.368 e. The fourth-order valence-electron chi connectivity index (χ4n) is 2.62. The standard InChI is InChI=1S/C16H15FN4O2S/c17-15-3-1-2-4-16(15)24(22,23)21-9-7-20(8-10-21)14-6-5-13(11-18)19-12-14/h1-6,12H,7-10H2. The van der Waals surface area contributed by atoms with Crippen LogP contribution in [0.2, 0.25) is 0 Å². The molecule has 0 radical (unpaired) electrons. The molecule has 3 rings (SSSR count). The summed E-state index contributed by atoms with van der Waals surface area (Å²) >= 11 is 0. The molecule has 1 aromatic carbocycles. The Bertz CT molecular complexity index is 870. The highest BCUT2D eigenvalue weighted by Crippen LogP contribution is 2.22. The Morgan fingerprint density at radius 1 is 1.08 bits per heavy atom. The van der Waals surface area contributed by atoms with Gasteiger partial charge < -0.3 is 4.90 Å². The number of nitrogens with zero attached hydrogens (tertiary/aromatic N) is 4. The molecule has 0 aliphatic carbocycles. The van der Waals surface area contributed by atoms with Crippen LogP contribution in [0, 0.1) is 17.1 Å². The largest absolute Gasteiger partial charge is 0.368 e. The molecule has 1 fully saturated rings. The number of halogens is 1. The second-order valence-electron chi connectivity index (χ2n) is 5.33. The number of hydrogen-bond donors (Lipinski definition) is 0. The van der Waals surface area contributed by atoms with Crippen molar-refractivity contribution in [2.45, 2.75) is 4.90 Å². The summed E-state index contributed by atoms with van der Waals surface area (Å²) in [5.74, 6) is -0.740. The van der Waals surface area contributed by atoms with Gasteiger partial charge in [0.15, 0.2) is 0 Å². The van der Waals surface area contributed by atoms with Crippen LogP contribution in [-0.2, 0) is 10.0 Å². The Labute approximate surface area is 139 Å². The average Bonchev–Trinajstić information content (AvgIpc) is 2.62. The summed E-state index contributed by atoms with van der Waals surface area (Å²) in [5, 5.41) is 8.76. The van der Waals surface area contributed by atoms with E-state index in [1.807, 2.05) is 11.0 Å². The SMILES string of the molecule is N#Cc1ccc(N2CCN(S(=O)(=O)c3ccccc3F)CC2)cn1. The molecule has 1 saturated heterocycles. The third kappa shape index (κ3) is 3.09. The van der Waals surface area contributed by atoms with E-state index in [1.165, 1.54) is 22.5 Å². The van der Waals surface area contributed by atoms with Crippen LogP contribution in [0.5, 0.6) is 0 Å².